The quantitative estimate of drug-likeness (QED) is 0.540. The van der Waals surface area contributed by atoms with E-state index in [0.717, 1.165) is 0 Å². The molecule has 0 aliphatic rings. The second kappa shape index (κ2) is 7.86. The van der Waals surface area contributed by atoms with Crippen molar-refractivity contribution < 1.29 is 14.4 Å². The van der Waals surface area contributed by atoms with Gasteiger partial charge in [0, 0.05) is 19.3 Å². The van der Waals surface area contributed by atoms with Gasteiger partial charge >= 0.3 is 9.28 Å². The molecule has 92 valence electrons. The van der Waals surface area contributed by atoms with Crippen LogP contribution in [0.3, 0.4) is 0 Å². The van der Waals surface area contributed by atoms with Gasteiger partial charge in [-0.1, -0.05) is 20.8 Å². The Morgan fingerprint density at radius 1 is 0.750 bits per heavy atom. The SMILES string of the molecule is CCC(=O)N[SiH](NC(=O)CC)NC(=O)CC. The smallest absolute Gasteiger partial charge is 0.351 e. The lowest BCUT2D eigenvalue weighted by Gasteiger charge is -2.18. The standard InChI is InChI=1S/C9H19N3O3Si/c1-4-7(13)10-16(11-8(14)5-2)12-9(15)6-3/h16H,4-6H2,1-3H3,(H,10,13)(H,11,14)(H,12,15). The molecule has 0 radical (unpaired) electrons. The van der Waals surface area contributed by atoms with Crippen LogP contribution in [0.5, 0.6) is 0 Å². The lowest BCUT2D eigenvalue weighted by molar-refractivity contribution is -0.119. The Morgan fingerprint density at radius 2 is 1.00 bits per heavy atom. The fourth-order valence-corrected chi connectivity index (χ4v) is 2.69. The molecule has 0 atom stereocenters. The van der Waals surface area contributed by atoms with Crippen molar-refractivity contribution in [2.75, 3.05) is 0 Å². The van der Waals surface area contributed by atoms with Crippen LogP contribution in [0.4, 0.5) is 0 Å². The van der Waals surface area contributed by atoms with E-state index in [1.54, 1.807) is 20.8 Å². The zero-order chi connectivity index (χ0) is 12.6. The molecule has 0 spiro atoms. The molecule has 6 nitrogen and oxygen atoms in total. The highest BCUT2D eigenvalue weighted by Gasteiger charge is 2.18. The van der Waals surface area contributed by atoms with Gasteiger partial charge in [-0.05, 0) is 0 Å². The van der Waals surface area contributed by atoms with Crippen molar-refractivity contribution in [3.8, 4) is 0 Å². The van der Waals surface area contributed by atoms with Gasteiger partial charge < -0.3 is 14.9 Å². The minimum atomic E-state index is -2.26. The third kappa shape index (κ3) is 6.17. The maximum atomic E-state index is 11.2. The zero-order valence-corrected chi connectivity index (χ0v) is 11.1. The summed E-state index contributed by atoms with van der Waals surface area (Å²) in [4.78, 5) is 41.4. The average Bonchev–Trinajstić information content (AvgIpc) is 2.28. The van der Waals surface area contributed by atoms with E-state index in [4.69, 9.17) is 0 Å². The van der Waals surface area contributed by atoms with Crippen LogP contribution in [0.25, 0.3) is 0 Å². The van der Waals surface area contributed by atoms with Gasteiger partial charge in [0.25, 0.3) is 0 Å². The fourth-order valence-electron chi connectivity index (χ4n) is 0.897. The number of amides is 3. The van der Waals surface area contributed by atoms with E-state index in [1.165, 1.54) is 0 Å². The van der Waals surface area contributed by atoms with Crippen LogP contribution in [0.1, 0.15) is 40.0 Å². The largest absolute Gasteiger partial charge is 0.362 e. The Labute approximate surface area is 97.0 Å². The summed E-state index contributed by atoms with van der Waals surface area (Å²) in [5.41, 5.74) is 0. The number of rotatable bonds is 6. The Bertz CT molecular complexity index is 228. The molecule has 0 fully saturated rings. The van der Waals surface area contributed by atoms with Gasteiger partial charge in [-0.3, -0.25) is 14.4 Å². The molecule has 0 saturated carbocycles. The molecule has 16 heavy (non-hydrogen) atoms. The van der Waals surface area contributed by atoms with Gasteiger partial charge in [0.15, 0.2) is 0 Å². The Balaban J connectivity index is 4.31. The molecule has 0 aromatic rings. The summed E-state index contributed by atoms with van der Waals surface area (Å²) in [7, 11) is -2.26. The summed E-state index contributed by atoms with van der Waals surface area (Å²) < 4.78 is 0. The van der Waals surface area contributed by atoms with E-state index in [9.17, 15) is 14.4 Å². The molecule has 7 heteroatoms. The second-order valence-electron chi connectivity index (χ2n) is 3.20. The van der Waals surface area contributed by atoms with E-state index in [-0.39, 0.29) is 17.7 Å². The zero-order valence-electron chi connectivity index (χ0n) is 9.92. The molecule has 0 aliphatic carbocycles. The van der Waals surface area contributed by atoms with Gasteiger partial charge in [-0.25, -0.2) is 0 Å². The first-order chi connectivity index (χ1) is 7.53. The summed E-state index contributed by atoms with van der Waals surface area (Å²) >= 11 is 0. The molecule has 3 amide bonds. The van der Waals surface area contributed by atoms with E-state index in [1.807, 2.05) is 0 Å². The van der Waals surface area contributed by atoms with Crippen LogP contribution < -0.4 is 14.9 Å². The molecule has 3 N–H and O–H groups in total. The van der Waals surface area contributed by atoms with E-state index < -0.39 is 9.28 Å². The Hall–Kier alpha value is -1.37. The van der Waals surface area contributed by atoms with Crippen LogP contribution in [0.2, 0.25) is 0 Å². The van der Waals surface area contributed by atoms with Gasteiger partial charge in [0.2, 0.25) is 17.7 Å². The van der Waals surface area contributed by atoms with Crippen LogP contribution in [0, 0.1) is 0 Å². The highest BCUT2D eigenvalue weighted by Crippen LogP contribution is 1.81. The van der Waals surface area contributed by atoms with E-state index in [0.29, 0.717) is 19.3 Å². The molecule has 0 rings (SSSR count). The van der Waals surface area contributed by atoms with Crippen LogP contribution in [-0.4, -0.2) is 27.0 Å². The number of carbonyl (C=O) groups is 3. The van der Waals surface area contributed by atoms with Crippen LogP contribution in [0.15, 0.2) is 0 Å². The molecule has 0 aromatic heterocycles. The monoisotopic (exact) mass is 245 g/mol. The third-order valence-electron chi connectivity index (χ3n) is 1.88. The predicted molar refractivity (Wildman–Crippen MR) is 62.5 cm³/mol. The van der Waals surface area contributed by atoms with Crippen LogP contribution >= 0.6 is 0 Å². The first-order valence-electron chi connectivity index (χ1n) is 5.41. The molecule has 0 heterocycles. The summed E-state index contributed by atoms with van der Waals surface area (Å²) in [6.07, 6.45) is 0.981. The van der Waals surface area contributed by atoms with Gasteiger partial charge in [0.05, 0.1) is 0 Å². The number of hydrogen-bond acceptors (Lipinski definition) is 3. The molecule has 0 unspecified atom stereocenters. The van der Waals surface area contributed by atoms with Gasteiger partial charge in [-0.2, -0.15) is 0 Å². The summed E-state index contributed by atoms with van der Waals surface area (Å²) in [6, 6.07) is 0. The van der Waals surface area contributed by atoms with Crippen molar-refractivity contribution in [1.82, 2.24) is 14.9 Å². The molecule has 0 aliphatic heterocycles. The van der Waals surface area contributed by atoms with Crippen molar-refractivity contribution >= 4 is 27.0 Å². The Morgan fingerprint density at radius 3 is 1.19 bits per heavy atom. The summed E-state index contributed by atoms with van der Waals surface area (Å²) in [5, 5.41) is 0. The maximum Gasteiger partial charge on any atom is 0.362 e. The molecule has 0 saturated heterocycles. The van der Waals surface area contributed by atoms with Crippen molar-refractivity contribution in [3.05, 3.63) is 0 Å². The number of hydrogen-bond donors (Lipinski definition) is 3. The number of nitrogens with one attached hydrogen (secondary N) is 3. The molecule has 0 aromatic carbocycles. The maximum absolute atomic E-state index is 11.2. The topological polar surface area (TPSA) is 87.3 Å². The average molecular weight is 245 g/mol. The van der Waals surface area contributed by atoms with Crippen molar-refractivity contribution in [2.24, 2.45) is 0 Å². The summed E-state index contributed by atoms with van der Waals surface area (Å²) in [6.45, 7) is 5.14. The molecular weight excluding hydrogens is 226 g/mol. The van der Waals surface area contributed by atoms with Crippen molar-refractivity contribution in [3.63, 3.8) is 0 Å². The first kappa shape index (κ1) is 14.6. The fraction of sp³-hybridized carbons (Fsp3) is 0.667. The van der Waals surface area contributed by atoms with Crippen molar-refractivity contribution in [1.29, 1.82) is 0 Å². The predicted octanol–water partition coefficient (Wildman–Crippen LogP) is -0.718. The molecule has 0 bridgehead atoms. The lowest BCUT2D eigenvalue weighted by Crippen LogP contribution is -2.62. The highest BCUT2D eigenvalue weighted by atomic mass is 28.3. The minimum absolute atomic E-state index is 0.176. The molecular formula is C9H19N3O3Si. The first-order valence-corrected chi connectivity index (χ1v) is 7.14. The summed E-state index contributed by atoms with van der Waals surface area (Å²) in [5.74, 6) is -0.529. The highest BCUT2D eigenvalue weighted by molar-refractivity contribution is 6.59. The lowest BCUT2D eigenvalue weighted by atomic mass is 10.5. The van der Waals surface area contributed by atoms with Crippen LogP contribution in [-0.2, 0) is 14.4 Å². The number of carbonyl (C=O) groups excluding carboxylic acids is 3. The van der Waals surface area contributed by atoms with Crippen molar-refractivity contribution in [2.45, 2.75) is 40.0 Å². The van der Waals surface area contributed by atoms with Gasteiger partial charge in [0.1, 0.15) is 0 Å². The van der Waals surface area contributed by atoms with Gasteiger partial charge in [-0.15, -0.1) is 0 Å². The van der Waals surface area contributed by atoms with E-state index >= 15 is 0 Å². The van der Waals surface area contributed by atoms with E-state index in [2.05, 4.69) is 14.9 Å². The normalized spacial score (nSPS) is 9.75. The Kier molecular flexibility index (Phi) is 7.18. The minimum Gasteiger partial charge on any atom is -0.351 e. The second-order valence-corrected chi connectivity index (χ2v) is 4.93. The third-order valence-corrected chi connectivity index (χ3v) is 3.71.